The van der Waals surface area contributed by atoms with Crippen LogP contribution in [0.25, 0.3) is 5.70 Å². The highest BCUT2D eigenvalue weighted by Gasteiger charge is 1.99. The van der Waals surface area contributed by atoms with E-state index in [-0.39, 0.29) is 0 Å². The number of hydrogen-bond acceptors (Lipinski definition) is 3. The summed E-state index contributed by atoms with van der Waals surface area (Å²) in [6, 6.07) is 8.54. The number of hydrazine groups is 1. The Morgan fingerprint density at radius 3 is 2.47 bits per heavy atom. The van der Waals surface area contributed by atoms with E-state index in [1.165, 1.54) is 12.0 Å². The predicted octanol–water partition coefficient (Wildman–Crippen LogP) is 2.59. The van der Waals surface area contributed by atoms with Crippen molar-refractivity contribution in [2.75, 3.05) is 7.05 Å². The molecule has 1 rings (SSSR count). The smallest absolute Gasteiger partial charge is 0.0620 e. The van der Waals surface area contributed by atoms with E-state index in [1.807, 2.05) is 7.05 Å². The Hall–Kier alpha value is -0.930. The van der Waals surface area contributed by atoms with Crippen molar-refractivity contribution >= 4 is 18.3 Å². The fourth-order valence-electron chi connectivity index (χ4n) is 1.45. The molecule has 2 nitrogen and oxygen atoms in total. The summed E-state index contributed by atoms with van der Waals surface area (Å²) in [5, 5.41) is 1.76. The summed E-state index contributed by atoms with van der Waals surface area (Å²) in [5.74, 6) is 0. The molecule has 0 unspecified atom stereocenters. The van der Waals surface area contributed by atoms with Crippen LogP contribution in [0.5, 0.6) is 0 Å². The monoisotopic (exact) mass is 222 g/mol. The van der Waals surface area contributed by atoms with Crippen LogP contribution < -0.4 is 10.9 Å². The van der Waals surface area contributed by atoms with E-state index < -0.39 is 0 Å². The molecule has 3 heteroatoms. The van der Waals surface area contributed by atoms with Crippen LogP contribution in [0.4, 0.5) is 0 Å². The third-order valence-electron chi connectivity index (χ3n) is 2.19. The second-order valence-electron chi connectivity index (χ2n) is 3.36. The van der Waals surface area contributed by atoms with E-state index in [0.29, 0.717) is 0 Å². The molecule has 1 aromatic carbocycles. The molecule has 0 aliphatic carbocycles. The van der Waals surface area contributed by atoms with Crippen molar-refractivity contribution in [1.29, 1.82) is 0 Å². The van der Waals surface area contributed by atoms with E-state index in [0.717, 1.165) is 17.7 Å². The first kappa shape index (κ1) is 12.1. The number of hydrogen-bond donors (Lipinski definition) is 3. The van der Waals surface area contributed by atoms with Gasteiger partial charge < -0.3 is 5.43 Å². The van der Waals surface area contributed by atoms with Crippen molar-refractivity contribution in [1.82, 2.24) is 10.9 Å². The van der Waals surface area contributed by atoms with Gasteiger partial charge in [0.25, 0.3) is 0 Å². The molecule has 15 heavy (non-hydrogen) atoms. The van der Waals surface area contributed by atoms with E-state index in [9.17, 15) is 0 Å². The summed E-state index contributed by atoms with van der Waals surface area (Å²) in [6.07, 6.45) is 2.32. The largest absolute Gasteiger partial charge is 0.321 e. The van der Waals surface area contributed by atoms with E-state index in [1.54, 1.807) is 5.41 Å². The zero-order chi connectivity index (χ0) is 11.1. The average Bonchev–Trinajstić information content (AvgIpc) is 2.28. The zero-order valence-electron chi connectivity index (χ0n) is 9.25. The van der Waals surface area contributed by atoms with Gasteiger partial charge in [-0.05, 0) is 23.0 Å². The molecule has 82 valence electrons. The Bertz CT molecular complexity index is 317. The fourth-order valence-corrected chi connectivity index (χ4v) is 1.67. The lowest BCUT2D eigenvalue weighted by atomic mass is 10.1. The fraction of sp³-hybridized carbons (Fsp3) is 0.333. The molecule has 1 aromatic rings. The maximum Gasteiger partial charge on any atom is 0.0620 e. The highest BCUT2D eigenvalue weighted by Crippen LogP contribution is 2.13. The van der Waals surface area contributed by atoms with E-state index in [4.69, 9.17) is 0 Å². The average molecular weight is 222 g/mol. The molecule has 0 amide bonds. The normalized spacial score (nSPS) is 11.5. The summed E-state index contributed by atoms with van der Waals surface area (Å²) in [5.41, 5.74) is 9.42. The quantitative estimate of drug-likeness (QED) is 0.527. The van der Waals surface area contributed by atoms with Gasteiger partial charge in [0, 0.05) is 7.05 Å². The van der Waals surface area contributed by atoms with Gasteiger partial charge in [0.15, 0.2) is 0 Å². The van der Waals surface area contributed by atoms with Gasteiger partial charge in [0.2, 0.25) is 0 Å². The van der Waals surface area contributed by atoms with Gasteiger partial charge in [-0.25, -0.2) is 5.43 Å². The van der Waals surface area contributed by atoms with Crippen molar-refractivity contribution in [3.8, 4) is 0 Å². The van der Waals surface area contributed by atoms with Crippen molar-refractivity contribution in [2.45, 2.75) is 19.8 Å². The SMILES string of the molecule is CCCc1ccc(/C(=C/S)NNC)cc1. The first-order chi connectivity index (χ1) is 7.31. The number of nitrogens with one attached hydrogen (secondary N) is 2. The van der Waals surface area contributed by atoms with Crippen LogP contribution in [0.15, 0.2) is 29.7 Å². The van der Waals surface area contributed by atoms with Crippen molar-refractivity contribution in [2.24, 2.45) is 0 Å². The lowest BCUT2D eigenvalue weighted by molar-refractivity contribution is 0.749. The summed E-state index contributed by atoms with van der Waals surface area (Å²) >= 11 is 4.16. The molecule has 0 atom stereocenters. The molecule has 0 radical (unpaired) electrons. The van der Waals surface area contributed by atoms with Gasteiger partial charge in [-0.15, -0.1) is 12.6 Å². The molecule has 0 saturated heterocycles. The second kappa shape index (κ2) is 6.53. The first-order valence-corrected chi connectivity index (χ1v) is 5.70. The molecule has 0 aliphatic rings. The molecule has 0 aliphatic heterocycles. The minimum Gasteiger partial charge on any atom is -0.321 e. The molecular formula is C12H18N2S. The van der Waals surface area contributed by atoms with E-state index in [2.05, 4.69) is 54.7 Å². The topological polar surface area (TPSA) is 24.1 Å². The highest BCUT2D eigenvalue weighted by molar-refractivity contribution is 7.83. The molecular weight excluding hydrogens is 204 g/mol. The minimum atomic E-state index is 0.976. The van der Waals surface area contributed by atoms with Crippen LogP contribution in [0, 0.1) is 0 Å². The van der Waals surface area contributed by atoms with Gasteiger partial charge in [-0.3, -0.25) is 0 Å². The van der Waals surface area contributed by atoms with Gasteiger partial charge in [-0.2, -0.15) is 0 Å². The second-order valence-corrected chi connectivity index (χ2v) is 3.62. The molecule has 0 saturated carbocycles. The summed E-state index contributed by atoms with van der Waals surface area (Å²) in [7, 11) is 1.84. The number of rotatable bonds is 5. The summed E-state index contributed by atoms with van der Waals surface area (Å²) in [6.45, 7) is 2.19. The van der Waals surface area contributed by atoms with Crippen LogP contribution in [-0.2, 0) is 6.42 Å². The minimum absolute atomic E-state index is 0.976. The molecule has 0 spiro atoms. The lowest BCUT2D eigenvalue weighted by Crippen LogP contribution is -2.25. The highest BCUT2D eigenvalue weighted by atomic mass is 32.1. The molecule has 0 heterocycles. The zero-order valence-corrected chi connectivity index (χ0v) is 10.1. The van der Waals surface area contributed by atoms with Crippen molar-refractivity contribution in [3.63, 3.8) is 0 Å². The lowest BCUT2D eigenvalue weighted by Gasteiger charge is -2.09. The van der Waals surface area contributed by atoms with Crippen LogP contribution in [-0.4, -0.2) is 7.05 Å². The number of benzene rings is 1. The third kappa shape index (κ3) is 3.61. The molecule has 0 fully saturated rings. The Morgan fingerprint density at radius 1 is 1.33 bits per heavy atom. The van der Waals surface area contributed by atoms with Gasteiger partial charge >= 0.3 is 0 Å². The number of thiol groups is 1. The maximum absolute atomic E-state index is 4.16. The van der Waals surface area contributed by atoms with Crippen molar-refractivity contribution in [3.05, 3.63) is 40.8 Å². The van der Waals surface area contributed by atoms with Crippen LogP contribution in [0.2, 0.25) is 0 Å². The maximum atomic E-state index is 4.16. The molecule has 0 bridgehead atoms. The Morgan fingerprint density at radius 2 is 2.00 bits per heavy atom. The Labute approximate surface area is 97.2 Å². The Balaban J connectivity index is 2.78. The van der Waals surface area contributed by atoms with Crippen molar-refractivity contribution < 1.29 is 0 Å². The summed E-state index contributed by atoms with van der Waals surface area (Å²) in [4.78, 5) is 0. The van der Waals surface area contributed by atoms with Crippen LogP contribution >= 0.6 is 12.6 Å². The number of aryl methyl sites for hydroxylation is 1. The first-order valence-electron chi connectivity index (χ1n) is 5.18. The van der Waals surface area contributed by atoms with Gasteiger partial charge in [0.1, 0.15) is 0 Å². The van der Waals surface area contributed by atoms with E-state index >= 15 is 0 Å². The standard InChI is InChI=1S/C12H18N2S/c1-3-4-10-5-7-11(8-6-10)12(9-15)14-13-2/h5-9,13-15H,3-4H2,1-2H3/b12-9-. The summed E-state index contributed by atoms with van der Waals surface area (Å²) < 4.78 is 0. The molecule has 0 aromatic heterocycles. The van der Waals surface area contributed by atoms with Gasteiger partial charge in [0.05, 0.1) is 5.70 Å². The predicted molar refractivity (Wildman–Crippen MR) is 69.6 cm³/mol. The molecule has 2 N–H and O–H groups in total. The Kier molecular flexibility index (Phi) is 5.29. The van der Waals surface area contributed by atoms with Crippen LogP contribution in [0.3, 0.4) is 0 Å². The third-order valence-corrected chi connectivity index (χ3v) is 2.45. The van der Waals surface area contributed by atoms with Crippen LogP contribution in [0.1, 0.15) is 24.5 Å². The van der Waals surface area contributed by atoms with Gasteiger partial charge in [-0.1, -0.05) is 37.6 Å².